The van der Waals surface area contributed by atoms with E-state index in [0.717, 1.165) is 6.54 Å². The molecule has 1 aliphatic carbocycles. The molecule has 0 spiro atoms. The van der Waals surface area contributed by atoms with Gasteiger partial charge in [-0.2, -0.15) is 0 Å². The minimum absolute atomic E-state index is 0.220. The summed E-state index contributed by atoms with van der Waals surface area (Å²) in [5.41, 5.74) is 0. The molecule has 1 aliphatic rings. The summed E-state index contributed by atoms with van der Waals surface area (Å²) in [7, 11) is 2.09. The van der Waals surface area contributed by atoms with Crippen LogP contribution < -0.4 is 0 Å². The second-order valence-electron chi connectivity index (χ2n) is 3.88. The lowest BCUT2D eigenvalue weighted by atomic mass is 9.94. The van der Waals surface area contributed by atoms with E-state index in [9.17, 15) is 4.79 Å². The predicted molar refractivity (Wildman–Crippen MR) is 55.0 cm³/mol. The molecule has 0 aromatic heterocycles. The molecule has 0 saturated heterocycles. The Bertz CT molecular complexity index is 166. The van der Waals surface area contributed by atoms with Crippen LogP contribution in [0, 0.1) is 0 Å². The molecule has 0 bridgehead atoms. The Balaban J connectivity index is 2.20. The molecule has 0 atom stereocenters. The van der Waals surface area contributed by atoms with Gasteiger partial charge in [0.2, 0.25) is 5.24 Å². The highest BCUT2D eigenvalue weighted by Crippen LogP contribution is 2.21. The second-order valence-corrected chi connectivity index (χ2v) is 4.30. The van der Waals surface area contributed by atoms with E-state index in [0.29, 0.717) is 12.5 Å². The number of hydrogen-bond donors (Lipinski definition) is 0. The third-order valence-corrected chi connectivity index (χ3v) is 3.05. The summed E-state index contributed by atoms with van der Waals surface area (Å²) < 4.78 is 0. The summed E-state index contributed by atoms with van der Waals surface area (Å²) in [5, 5.41) is -0.220. The largest absolute Gasteiger partial charge is 0.303 e. The molecule has 0 heterocycles. The Morgan fingerprint density at radius 2 is 2.00 bits per heavy atom. The van der Waals surface area contributed by atoms with E-state index in [4.69, 9.17) is 11.6 Å². The number of hydrogen-bond acceptors (Lipinski definition) is 2. The lowest BCUT2D eigenvalue weighted by molar-refractivity contribution is -0.112. The van der Waals surface area contributed by atoms with Gasteiger partial charge < -0.3 is 4.90 Å². The van der Waals surface area contributed by atoms with Gasteiger partial charge in [0.1, 0.15) is 0 Å². The van der Waals surface area contributed by atoms with Gasteiger partial charge in [0.15, 0.2) is 0 Å². The Hall–Kier alpha value is -0.0800. The van der Waals surface area contributed by atoms with Crippen LogP contribution in [0.25, 0.3) is 0 Å². The lowest BCUT2D eigenvalue weighted by Gasteiger charge is -2.30. The zero-order valence-electron chi connectivity index (χ0n) is 8.26. The van der Waals surface area contributed by atoms with Crippen molar-refractivity contribution in [1.82, 2.24) is 4.90 Å². The van der Waals surface area contributed by atoms with Crippen molar-refractivity contribution < 1.29 is 4.79 Å². The highest BCUT2D eigenvalue weighted by Gasteiger charge is 2.17. The highest BCUT2D eigenvalue weighted by atomic mass is 35.5. The predicted octanol–water partition coefficient (Wildman–Crippen LogP) is 2.41. The zero-order chi connectivity index (χ0) is 9.68. The Morgan fingerprint density at radius 1 is 1.38 bits per heavy atom. The van der Waals surface area contributed by atoms with Crippen molar-refractivity contribution >= 4 is 16.8 Å². The molecule has 3 heteroatoms. The molecule has 0 N–H and O–H groups in total. The van der Waals surface area contributed by atoms with Crippen LogP contribution in [0.5, 0.6) is 0 Å². The molecule has 0 amide bonds. The molecule has 2 nitrogen and oxygen atoms in total. The third kappa shape index (κ3) is 4.10. The minimum atomic E-state index is -0.220. The van der Waals surface area contributed by atoms with Crippen LogP contribution in [0.15, 0.2) is 0 Å². The van der Waals surface area contributed by atoms with Crippen LogP contribution in [0.1, 0.15) is 38.5 Å². The van der Waals surface area contributed by atoms with Crippen LogP contribution in [0.2, 0.25) is 0 Å². The maximum atomic E-state index is 10.6. The summed E-state index contributed by atoms with van der Waals surface area (Å²) in [6.07, 6.45) is 7.10. The van der Waals surface area contributed by atoms with Crippen molar-refractivity contribution in [3.8, 4) is 0 Å². The molecule has 0 aromatic rings. The van der Waals surface area contributed by atoms with Gasteiger partial charge in [0.05, 0.1) is 0 Å². The van der Waals surface area contributed by atoms with Crippen molar-refractivity contribution in [2.75, 3.05) is 13.6 Å². The molecule has 0 unspecified atom stereocenters. The number of rotatable bonds is 4. The van der Waals surface area contributed by atoms with Gasteiger partial charge in [-0.15, -0.1) is 0 Å². The highest BCUT2D eigenvalue weighted by molar-refractivity contribution is 6.63. The zero-order valence-corrected chi connectivity index (χ0v) is 9.02. The van der Waals surface area contributed by atoms with Crippen molar-refractivity contribution in [2.24, 2.45) is 0 Å². The van der Waals surface area contributed by atoms with E-state index in [2.05, 4.69) is 11.9 Å². The van der Waals surface area contributed by atoms with Crippen LogP contribution in [0.4, 0.5) is 0 Å². The van der Waals surface area contributed by atoms with Gasteiger partial charge in [-0.1, -0.05) is 19.3 Å². The van der Waals surface area contributed by atoms with Crippen LogP contribution >= 0.6 is 11.6 Å². The quantitative estimate of drug-likeness (QED) is 0.655. The number of halogens is 1. The van der Waals surface area contributed by atoms with E-state index >= 15 is 0 Å². The van der Waals surface area contributed by atoms with Crippen molar-refractivity contribution in [1.29, 1.82) is 0 Å². The molecule has 13 heavy (non-hydrogen) atoms. The molecule has 1 rings (SSSR count). The summed E-state index contributed by atoms with van der Waals surface area (Å²) in [4.78, 5) is 12.8. The van der Waals surface area contributed by atoms with E-state index in [-0.39, 0.29) is 5.24 Å². The summed E-state index contributed by atoms with van der Waals surface area (Å²) in [5.74, 6) is 0. The molecular formula is C10H18ClNO. The Kier molecular flexibility index (Phi) is 4.74. The van der Waals surface area contributed by atoms with Crippen LogP contribution in [-0.2, 0) is 4.79 Å². The summed E-state index contributed by atoms with van der Waals surface area (Å²) in [6, 6.07) is 0.685. The van der Waals surface area contributed by atoms with Crippen molar-refractivity contribution in [3.63, 3.8) is 0 Å². The lowest BCUT2D eigenvalue weighted by Crippen LogP contribution is -2.34. The van der Waals surface area contributed by atoms with Gasteiger partial charge in [-0.05, 0) is 31.5 Å². The van der Waals surface area contributed by atoms with Crippen LogP contribution in [0.3, 0.4) is 0 Å². The monoisotopic (exact) mass is 203 g/mol. The molecule has 76 valence electrons. The molecule has 0 aliphatic heterocycles. The first-order valence-corrected chi connectivity index (χ1v) is 5.46. The van der Waals surface area contributed by atoms with Gasteiger partial charge in [-0.25, -0.2) is 0 Å². The smallest absolute Gasteiger partial charge is 0.222 e. The first-order valence-electron chi connectivity index (χ1n) is 5.08. The molecule has 1 fully saturated rings. The number of nitrogens with zero attached hydrogens (tertiary/aromatic N) is 1. The first kappa shape index (κ1) is 11.0. The summed E-state index contributed by atoms with van der Waals surface area (Å²) >= 11 is 5.30. The average Bonchev–Trinajstić information content (AvgIpc) is 2.15. The topological polar surface area (TPSA) is 20.3 Å². The van der Waals surface area contributed by atoms with E-state index in [1.165, 1.54) is 32.1 Å². The van der Waals surface area contributed by atoms with E-state index < -0.39 is 0 Å². The van der Waals surface area contributed by atoms with Crippen molar-refractivity contribution in [3.05, 3.63) is 0 Å². The standard InChI is InChI=1S/C10H18ClNO/c1-12(8-7-10(11)13)9-5-3-2-4-6-9/h9H,2-8H2,1H3. The van der Waals surface area contributed by atoms with Crippen LogP contribution in [-0.4, -0.2) is 29.8 Å². The second kappa shape index (κ2) is 5.61. The average molecular weight is 204 g/mol. The molecule has 0 radical (unpaired) electrons. The SMILES string of the molecule is CN(CCC(=O)Cl)C1CCCCC1. The normalized spacial score (nSPS) is 19.3. The fourth-order valence-corrected chi connectivity index (χ4v) is 2.05. The van der Waals surface area contributed by atoms with E-state index in [1.54, 1.807) is 0 Å². The fraction of sp³-hybridized carbons (Fsp3) is 0.900. The molecule has 0 aromatic carbocycles. The van der Waals surface area contributed by atoms with E-state index in [1.807, 2.05) is 0 Å². The number of carbonyl (C=O) groups is 1. The molecular weight excluding hydrogens is 186 g/mol. The maximum absolute atomic E-state index is 10.6. The fourth-order valence-electron chi connectivity index (χ4n) is 1.97. The Labute approximate surface area is 85.2 Å². The van der Waals surface area contributed by atoms with Gasteiger partial charge in [0.25, 0.3) is 0 Å². The third-order valence-electron chi connectivity index (χ3n) is 2.86. The first-order chi connectivity index (χ1) is 6.20. The van der Waals surface area contributed by atoms with Crippen molar-refractivity contribution in [2.45, 2.75) is 44.6 Å². The summed E-state index contributed by atoms with van der Waals surface area (Å²) in [6.45, 7) is 0.812. The van der Waals surface area contributed by atoms with Gasteiger partial charge in [0, 0.05) is 19.0 Å². The minimum Gasteiger partial charge on any atom is -0.303 e. The molecule has 1 saturated carbocycles. The van der Waals surface area contributed by atoms with Gasteiger partial charge >= 0.3 is 0 Å². The number of carbonyl (C=O) groups excluding carboxylic acids is 1. The van der Waals surface area contributed by atoms with Gasteiger partial charge in [-0.3, -0.25) is 4.79 Å². The maximum Gasteiger partial charge on any atom is 0.222 e. The Morgan fingerprint density at radius 3 is 2.54 bits per heavy atom.